The van der Waals surface area contributed by atoms with E-state index in [2.05, 4.69) is 15.3 Å². The molecule has 2 fully saturated rings. The van der Waals surface area contributed by atoms with Crippen LogP contribution in [0.1, 0.15) is 42.7 Å². The number of rotatable bonds is 7. The highest BCUT2D eigenvalue weighted by Gasteiger charge is 2.52. The van der Waals surface area contributed by atoms with Gasteiger partial charge in [-0.2, -0.15) is 0 Å². The van der Waals surface area contributed by atoms with Gasteiger partial charge in [0.05, 0.1) is 24.5 Å². The van der Waals surface area contributed by atoms with Gasteiger partial charge in [-0.15, -0.1) is 0 Å². The van der Waals surface area contributed by atoms with E-state index >= 15 is 0 Å². The van der Waals surface area contributed by atoms with Gasteiger partial charge in [-0.25, -0.2) is 4.98 Å². The van der Waals surface area contributed by atoms with Crippen molar-refractivity contribution in [2.75, 3.05) is 13.1 Å². The summed E-state index contributed by atoms with van der Waals surface area (Å²) in [6.07, 6.45) is 4.38. The summed E-state index contributed by atoms with van der Waals surface area (Å²) in [7, 11) is 0. The smallest absolute Gasteiger partial charge is 0.270 e. The number of para-hydroxylation sites is 1. The predicted octanol–water partition coefficient (Wildman–Crippen LogP) is 2.40. The van der Waals surface area contributed by atoms with E-state index in [9.17, 15) is 19.2 Å². The molecule has 3 aromatic rings. The molecule has 3 amide bonds. The van der Waals surface area contributed by atoms with E-state index in [0.717, 1.165) is 10.9 Å². The first-order chi connectivity index (χ1) is 18.3. The van der Waals surface area contributed by atoms with Gasteiger partial charge in [0.1, 0.15) is 17.8 Å². The maximum absolute atomic E-state index is 13.7. The lowest BCUT2D eigenvalue weighted by molar-refractivity contribution is -0.138. The van der Waals surface area contributed by atoms with Crippen LogP contribution in [0.15, 0.2) is 60.9 Å². The molecule has 0 bridgehead atoms. The molecule has 2 saturated heterocycles. The fourth-order valence-corrected chi connectivity index (χ4v) is 5.49. The Kier molecular flexibility index (Phi) is 7.18. The minimum absolute atomic E-state index is 0.0135. The van der Waals surface area contributed by atoms with Gasteiger partial charge in [0.15, 0.2) is 5.78 Å². The summed E-state index contributed by atoms with van der Waals surface area (Å²) in [6, 6.07) is 12.7. The third-order valence-corrected chi connectivity index (χ3v) is 7.25. The first kappa shape index (κ1) is 25.5. The quantitative estimate of drug-likeness (QED) is 0.519. The van der Waals surface area contributed by atoms with Crippen LogP contribution in [0.4, 0.5) is 0 Å². The third-order valence-electron chi connectivity index (χ3n) is 7.25. The van der Waals surface area contributed by atoms with Gasteiger partial charge in [0.25, 0.3) is 5.91 Å². The van der Waals surface area contributed by atoms with Crippen molar-refractivity contribution >= 4 is 34.4 Å². The fourth-order valence-electron chi connectivity index (χ4n) is 5.49. The third kappa shape index (κ3) is 5.14. The van der Waals surface area contributed by atoms with Crippen LogP contribution in [0.3, 0.4) is 0 Å². The number of benzene rings is 1. The number of likely N-dealkylation sites (tertiary alicyclic amines) is 2. The molecule has 0 radical (unpaired) electrons. The van der Waals surface area contributed by atoms with Gasteiger partial charge in [0, 0.05) is 24.3 Å². The Morgan fingerprint density at radius 3 is 2.63 bits per heavy atom. The molecule has 3 unspecified atom stereocenters. The summed E-state index contributed by atoms with van der Waals surface area (Å²) in [5.74, 6) is -0.899. The van der Waals surface area contributed by atoms with Gasteiger partial charge in [-0.05, 0) is 42.5 Å². The van der Waals surface area contributed by atoms with Crippen LogP contribution >= 0.6 is 0 Å². The summed E-state index contributed by atoms with van der Waals surface area (Å²) in [5.41, 5.74) is 1.71. The molecule has 5 rings (SSSR count). The fraction of sp³-hybridized carbons (Fsp3) is 0.379. The van der Waals surface area contributed by atoms with E-state index in [4.69, 9.17) is 0 Å². The van der Waals surface area contributed by atoms with Crippen molar-refractivity contribution in [2.45, 2.75) is 51.2 Å². The predicted molar refractivity (Wildman–Crippen MR) is 141 cm³/mol. The van der Waals surface area contributed by atoms with Gasteiger partial charge < -0.3 is 15.1 Å². The number of nitrogens with zero attached hydrogens (tertiary/aromatic N) is 4. The maximum Gasteiger partial charge on any atom is 0.270 e. The molecule has 3 atom stereocenters. The number of Topliss-reactive ketones (excluding diaryl/α,β-unsaturated/α-hetero) is 1. The zero-order valence-corrected chi connectivity index (χ0v) is 21.5. The Labute approximate surface area is 221 Å². The van der Waals surface area contributed by atoms with Crippen LogP contribution in [0.25, 0.3) is 10.9 Å². The lowest BCUT2D eigenvalue weighted by atomic mass is 10.0. The number of fused-ring (bicyclic) bond motifs is 2. The van der Waals surface area contributed by atoms with E-state index in [0.29, 0.717) is 24.9 Å². The summed E-state index contributed by atoms with van der Waals surface area (Å²) in [6.45, 7) is 4.30. The Hall–Kier alpha value is -4.14. The normalized spacial score (nSPS) is 19.6. The largest absolute Gasteiger partial charge is 0.339 e. The topological polar surface area (TPSA) is 113 Å². The Bertz CT molecular complexity index is 1380. The zero-order valence-electron chi connectivity index (χ0n) is 21.5. The lowest BCUT2D eigenvalue weighted by Gasteiger charge is -2.29. The molecular weight excluding hydrogens is 482 g/mol. The van der Waals surface area contributed by atoms with Crippen LogP contribution in [0.2, 0.25) is 0 Å². The van der Waals surface area contributed by atoms with Crippen molar-refractivity contribution in [1.29, 1.82) is 0 Å². The van der Waals surface area contributed by atoms with Crippen molar-refractivity contribution in [3.05, 3.63) is 72.2 Å². The molecule has 4 heterocycles. The van der Waals surface area contributed by atoms with Crippen molar-refractivity contribution < 1.29 is 19.2 Å². The molecule has 0 saturated carbocycles. The number of hydrogen-bond acceptors (Lipinski definition) is 6. The Balaban J connectivity index is 1.31. The van der Waals surface area contributed by atoms with Crippen molar-refractivity contribution in [3.63, 3.8) is 0 Å². The second-order valence-corrected chi connectivity index (χ2v) is 10.4. The molecule has 1 aromatic carbocycles. The number of ketones is 1. The summed E-state index contributed by atoms with van der Waals surface area (Å²) < 4.78 is 0. The van der Waals surface area contributed by atoms with Crippen molar-refractivity contribution in [2.24, 2.45) is 5.92 Å². The SMILES string of the molecule is CC(C)CC(NC(=O)c1ccc2ccccc2n1)C(=O)N1CCC2C1C(=O)CN2C(=O)Cc1cccnc1. The van der Waals surface area contributed by atoms with E-state index in [-0.39, 0.29) is 48.2 Å². The van der Waals surface area contributed by atoms with Crippen molar-refractivity contribution in [1.82, 2.24) is 25.1 Å². The van der Waals surface area contributed by atoms with E-state index in [1.807, 2.05) is 50.2 Å². The minimum Gasteiger partial charge on any atom is -0.339 e. The molecule has 2 aliphatic heterocycles. The minimum atomic E-state index is -0.803. The second kappa shape index (κ2) is 10.7. The average Bonchev–Trinajstić information content (AvgIpc) is 3.49. The Morgan fingerprint density at radius 1 is 1.05 bits per heavy atom. The number of aromatic nitrogens is 2. The summed E-state index contributed by atoms with van der Waals surface area (Å²) >= 11 is 0. The number of hydrogen-bond donors (Lipinski definition) is 1. The van der Waals surface area contributed by atoms with Crippen LogP contribution in [0.5, 0.6) is 0 Å². The first-order valence-corrected chi connectivity index (χ1v) is 13.0. The number of amides is 3. The molecule has 1 N–H and O–H groups in total. The summed E-state index contributed by atoms with van der Waals surface area (Å²) in [4.78, 5) is 64.6. The molecule has 9 heteroatoms. The highest BCUT2D eigenvalue weighted by atomic mass is 16.2. The number of carbonyl (C=O) groups excluding carboxylic acids is 4. The number of carbonyl (C=O) groups is 4. The molecule has 0 spiro atoms. The van der Waals surface area contributed by atoms with E-state index in [1.54, 1.807) is 34.3 Å². The molecule has 2 aliphatic rings. The Morgan fingerprint density at radius 2 is 1.87 bits per heavy atom. The maximum atomic E-state index is 13.7. The highest BCUT2D eigenvalue weighted by molar-refractivity contribution is 6.01. The second-order valence-electron chi connectivity index (χ2n) is 10.4. The number of nitrogens with one attached hydrogen (secondary N) is 1. The van der Waals surface area contributed by atoms with E-state index in [1.165, 1.54) is 0 Å². The van der Waals surface area contributed by atoms with Gasteiger partial charge >= 0.3 is 0 Å². The van der Waals surface area contributed by atoms with Crippen LogP contribution in [-0.2, 0) is 20.8 Å². The molecular formula is C29H31N5O4. The molecule has 196 valence electrons. The molecule has 38 heavy (non-hydrogen) atoms. The standard InChI is InChI=1S/C29H31N5O4/c1-18(2)14-23(32-28(37)22-10-9-20-7-3-4-8-21(20)31-22)29(38)33-13-11-24-27(33)25(35)17-34(24)26(36)15-19-6-5-12-30-16-19/h3-10,12,16,18,23-24,27H,11,13-15,17H2,1-2H3,(H,32,37). The van der Waals surface area contributed by atoms with E-state index < -0.39 is 18.0 Å². The monoisotopic (exact) mass is 513 g/mol. The average molecular weight is 514 g/mol. The van der Waals surface area contributed by atoms with Gasteiger partial charge in [-0.1, -0.05) is 44.2 Å². The lowest BCUT2D eigenvalue weighted by Crippen LogP contribution is -2.53. The molecule has 2 aromatic heterocycles. The van der Waals surface area contributed by atoms with Crippen LogP contribution in [0, 0.1) is 5.92 Å². The molecule has 9 nitrogen and oxygen atoms in total. The van der Waals surface area contributed by atoms with Crippen molar-refractivity contribution in [3.8, 4) is 0 Å². The molecule has 0 aliphatic carbocycles. The number of pyridine rings is 2. The van der Waals surface area contributed by atoms with Gasteiger partial charge in [0.2, 0.25) is 11.8 Å². The van der Waals surface area contributed by atoms with Crippen LogP contribution in [-0.4, -0.2) is 74.5 Å². The highest BCUT2D eigenvalue weighted by Crippen LogP contribution is 2.31. The zero-order chi connectivity index (χ0) is 26.8. The van der Waals surface area contributed by atoms with Gasteiger partial charge in [-0.3, -0.25) is 24.2 Å². The van der Waals surface area contributed by atoms with Crippen LogP contribution < -0.4 is 5.32 Å². The first-order valence-electron chi connectivity index (χ1n) is 13.0. The summed E-state index contributed by atoms with van der Waals surface area (Å²) in [5, 5.41) is 3.80.